The topological polar surface area (TPSA) is 166 Å². The van der Waals surface area contributed by atoms with E-state index in [9.17, 15) is 19.5 Å². The number of benzene rings is 2. The summed E-state index contributed by atoms with van der Waals surface area (Å²) in [4.78, 5) is 35.8. The monoisotopic (exact) mass is 624 g/mol. The summed E-state index contributed by atoms with van der Waals surface area (Å²) < 4.78 is 26.1. The lowest BCUT2D eigenvalue weighted by molar-refractivity contribution is -0.143. The molecule has 2 aromatic rings. The van der Waals surface area contributed by atoms with E-state index in [0.717, 1.165) is 0 Å². The first-order chi connectivity index (χ1) is 20.1. The van der Waals surface area contributed by atoms with E-state index in [1.807, 2.05) is 0 Å². The van der Waals surface area contributed by atoms with Gasteiger partial charge in [0, 0.05) is 5.70 Å². The van der Waals surface area contributed by atoms with Crippen LogP contribution in [-0.4, -0.2) is 69.6 Å². The Bertz CT molecular complexity index is 1360. The molecule has 0 aromatic heterocycles. The standard InChI is InChI=1S/C27H30Cl2N4O9/c1-5-40-20-10-16(24-23(26(36)39-4)14(2)31-27(37)32-24)6-7-19(20)41-12-21(34)33-30-11-15-8-17(28)25(18(29)9-15)42-13-22(35)38-3/h6-11,21,24,33-34H,5,12-13H2,1-4H3,(H2,31,32,37)/b30-11-/t21-,24+/m1/s1. The summed E-state index contributed by atoms with van der Waals surface area (Å²) in [5, 5.41) is 19.9. The van der Waals surface area contributed by atoms with Gasteiger partial charge in [0.2, 0.25) is 0 Å². The summed E-state index contributed by atoms with van der Waals surface area (Å²) in [6.07, 6.45) is 0.150. The minimum atomic E-state index is -1.22. The number of esters is 2. The Labute approximate surface area is 251 Å². The van der Waals surface area contributed by atoms with Crippen LogP contribution in [0.2, 0.25) is 10.0 Å². The van der Waals surface area contributed by atoms with Gasteiger partial charge in [0.1, 0.15) is 6.61 Å². The predicted octanol–water partition coefficient (Wildman–Crippen LogP) is 3.07. The Balaban J connectivity index is 1.65. The van der Waals surface area contributed by atoms with Crippen molar-refractivity contribution in [2.24, 2.45) is 5.10 Å². The fourth-order valence-electron chi connectivity index (χ4n) is 3.80. The van der Waals surface area contributed by atoms with Crippen LogP contribution in [0.4, 0.5) is 4.79 Å². The van der Waals surface area contributed by atoms with Gasteiger partial charge in [-0.25, -0.2) is 14.4 Å². The number of hydrazone groups is 1. The van der Waals surface area contributed by atoms with Crippen LogP contribution < -0.4 is 30.3 Å². The SMILES string of the molecule is CCOc1cc([C@@H]2NC(=O)NC(C)=C2C(=O)OC)ccc1OC[C@@H](O)N/N=C\c1cc(Cl)c(OCC(=O)OC)c(Cl)c1. The predicted molar refractivity (Wildman–Crippen MR) is 153 cm³/mol. The third-order valence-corrected chi connectivity index (χ3v) is 6.25. The van der Waals surface area contributed by atoms with Gasteiger partial charge in [0.05, 0.1) is 48.7 Å². The van der Waals surface area contributed by atoms with Gasteiger partial charge >= 0.3 is 18.0 Å². The van der Waals surface area contributed by atoms with Crippen molar-refractivity contribution in [1.29, 1.82) is 0 Å². The molecule has 0 unspecified atom stereocenters. The number of allylic oxidation sites excluding steroid dienone is 1. The van der Waals surface area contributed by atoms with E-state index >= 15 is 0 Å². The molecule has 0 fully saturated rings. The number of aliphatic hydroxyl groups excluding tert-OH is 1. The van der Waals surface area contributed by atoms with Gasteiger partial charge in [0.15, 0.2) is 30.1 Å². The van der Waals surface area contributed by atoms with Gasteiger partial charge in [-0.05, 0) is 49.2 Å². The molecular weight excluding hydrogens is 595 g/mol. The molecule has 4 N–H and O–H groups in total. The first-order valence-electron chi connectivity index (χ1n) is 12.5. The van der Waals surface area contributed by atoms with Crippen LogP contribution >= 0.6 is 23.2 Å². The summed E-state index contributed by atoms with van der Waals surface area (Å²) in [5.41, 5.74) is 4.19. The zero-order chi connectivity index (χ0) is 30.8. The van der Waals surface area contributed by atoms with Gasteiger partial charge < -0.3 is 39.4 Å². The number of nitrogens with one attached hydrogen (secondary N) is 3. The minimum absolute atomic E-state index is 0.119. The van der Waals surface area contributed by atoms with Crippen LogP contribution in [0, 0.1) is 0 Å². The number of aliphatic hydroxyl groups is 1. The van der Waals surface area contributed by atoms with E-state index in [0.29, 0.717) is 34.9 Å². The molecule has 2 amide bonds. The lowest BCUT2D eigenvalue weighted by Crippen LogP contribution is -2.45. The number of amides is 2. The van der Waals surface area contributed by atoms with Crippen molar-refractivity contribution in [3.05, 3.63) is 62.8 Å². The molecule has 0 saturated carbocycles. The van der Waals surface area contributed by atoms with Gasteiger partial charge in [0.25, 0.3) is 0 Å². The van der Waals surface area contributed by atoms with Crippen LogP contribution in [0.1, 0.15) is 31.0 Å². The number of halogens is 2. The lowest BCUT2D eigenvalue weighted by Gasteiger charge is -2.28. The van der Waals surface area contributed by atoms with E-state index in [1.54, 1.807) is 32.0 Å². The number of hydrogen-bond donors (Lipinski definition) is 4. The van der Waals surface area contributed by atoms with E-state index in [1.165, 1.54) is 32.6 Å². The molecule has 0 bridgehead atoms. The number of rotatable bonds is 13. The van der Waals surface area contributed by atoms with Gasteiger partial charge in [-0.1, -0.05) is 29.3 Å². The van der Waals surface area contributed by atoms with E-state index in [4.69, 9.17) is 42.1 Å². The fourth-order valence-corrected chi connectivity index (χ4v) is 4.41. The van der Waals surface area contributed by atoms with Crippen molar-refractivity contribution < 1.29 is 43.2 Å². The summed E-state index contributed by atoms with van der Waals surface area (Å²) in [6, 6.07) is 6.67. The Morgan fingerprint density at radius 3 is 2.45 bits per heavy atom. The maximum atomic E-state index is 12.4. The number of nitrogens with zero attached hydrogens (tertiary/aromatic N) is 1. The molecule has 0 saturated heterocycles. The average Bonchev–Trinajstić information content (AvgIpc) is 2.95. The zero-order valence-electron chi connectivity index (χ0n) is 23.2. The fraction of sp³-hybridized carbons (Fsp3) is 0.333. The number of methoxy groups -OCH3 is 2. The smallest absolute Gasteiger partial charge is 0.343 e. The molecule has 2 aromatic carbocycles. The molecule has 3 rings (SSSR count). The first-order valence-corrected chi connectivity index (χ1v) is 13.2. The molecule has 226 valence electrons. The lowest BCUT2D eigenvalue weighted by atomic mass is 9.95. The first kappa shape index (κ1) is 32.3. The van der Waals surface area contributed by atoms with Gasteiger partial charge in [-0.15, -0.1) is 0 Å². The number of hydrogen-bond acceptors (Lipinski definition) is 11. The highest BCUT2D eigenvalue weighted by molar-refractivity contribution is 6.37. The second kappa shape index (κ2) is 15.1. The molecule has 1 aliphatic heterocycles. The molecule has 13 nitrogen and oxygen atoms in total. The van der Waals surface area contributed by atoms with Crippen molar-refractivity contribution in [2.75, 3.05) is 34.0 Å². The summed E-state index contributed by atoms with van der Waals surface area (Å²) >= 11 is 12.4. The number of carbonyl (C=O) groups is 3. The van der Waals surface area contributed by atoms with Crippen molar-refractivity contribution in [3.63, 3.8) is 0 Å². The van der Waals surface area contributed by atoms with Crippen molar-refractivity contribution in [2.45, 2.75) is 26.1 Å². The maximum Gasteiger partial charge on any atom is 0.343 e. The van der Waals surface area contributed by atoms with E-state index in [-0.39, 0.29) is 34.6 Å². The molecule has 1 aliphatic rings. The second-order valence-electron chi connectivity index (χ2n) is 8.59. The minimum Gasteiger partial charge on any atom is -0.490 e. The molecular formula is C27H30Cl2N4O9. The molecule has 0 spiro atoms. The summed E-state index contributed by atoms with van der Waals surface area (Å²) in [5.74, 6) is -0.419. The van der Waals surface area contributed by atoms with Gasteiger partial charge in [-0.3, -0.25) is 5.43 Å². The van der Waals surface area contributed by atoms with Crippen LogP contribution in [0.3, 0.4) is 0 Å². The molecule has 0 radical (unpaired) electrons. The van der Waals surface area contributed by atoms with Crippen LogP contribution in [0.15, 0.2) is 46.7 Å². The maximum absolute atomic E-state index is 12.4. The Kier molecular flexibility index (Phi) is 11.7. The van der Waals surface area contributed by atoms with Crippen molar-refractivity contribution in [1.82, 2.24) is 16.1 Å². The highest BCUT2D eigenvalue weighted by Crippen LogP contribution is 2.35. The van der Waals surface area contributed by atoms with Gasteiger partial charge in [-0.2, -0.15) is 5.10 Å². The highest BCUT2D eigenvalue weighted by Gasteiger charge is 2.32. The van der Waals surface area contributed by atoms with E-state index in [2.05, 4.69) is 25.9 Å². The Morgan fingerprint density at radius 2 is 1.81 bits per heavy atom. The molecule has 0 aliphatic carbocycles. The number of urea groups is 1. The average molecular weight is 625 g/mol. The number of ether oxygens (including phenoxy) is 5. The molecule has 42 heavy (non-hydrogen) atoms. The largest absolute Gasteiger partial charge is 0.490 e. The third kappa shape index (κ3) is 8.41. The third-order valence-electron chi connectivity index (χ3n) is 5.69. The number of carbonyl (C=O) groups excluding carboxylic acids is 3. The highest BCUT2D eigenvalue weighted by atomic mass is 35.5. The summed E-state index contributed by atoms with van der Waals surface area (Å²) in [6.45, 7) is 3.13. The van der Waals surface area contributed by atoms with Crippen LogP contribution in [0.5, 0.6) is 17.2 Å². The zero-order valence-corrected chi connectivity index (χ0v) is 24.7. The van der Waals surface area contributed by atoms with Crippen LogP contribution in [0.25, 0.3) is 0 Å². The normalized spacial score (nSPS) is 15.4. The van der Waals surface area contributed by atoms with Crippen molar-refractivity contribution >= 4 is 47.4 Å². The Morgan fingerprint density at radius 1 is 1.10 bits per heavy atom. The van der Waals surface area contributed by atoms with Crippen molar-refractivity contribution in [3.8, 4) is 17.2 Å². The molecule has 1 heterocycles. The van der Waals surface area contributed by atoms with E-state index < -0.39 is 30.2 Å². The quantitative estimate of drug-likeness (QED) is 0.113. The second-order valence-corrected chi connectivity index (χ2v) is 9.41. The van der Waals surface area contributed by atoms with Crippen LogP contribution in [-0.2, 0) is 19.1 Å². The molecule has 15 heteroatoms. The molecule has 2 atom stereocenters. The summed E-state index contributed by atoms with van der Waals surface area (Å²) in [7, 11) is 2.49. The Hall–Kier alpha value is -4.20.